The molecule has 0 bridgehead atoms. The maximum absolute atomic E-state index is 12.5. The minimum Gasteiger partial charge on any atom is -0.336 e. The predicted molar refractivity (Wildman–Crippen MR) is 86.9 cm³/mol. The fraction of sp³-hybridized carbons (Fsp3) is 0.294. The van der Waals surface area contributed by atoms with Gasteiger partial charge in [0.1, 0.15) is 0 Å². The van der Waals surface area contributed by atoms with Gasteiger partial charge in [0.2, 0.25) is 0 Å². The zero-order valence-corrected chi connectivity index (χ0v) is 13.0. The fourth-order valence-corrected chi connectivity index (χ4v) is 2.85. The second-order valence-electron chi connectivity index (χ2n) is 5.44. The molecular weight excluding hydrogens is 298 g/mol. The van der Waals surface area contributed by atoms with E-state index in [0.29, 0.717) is 10.6 Å². The van der Waals surface area contributed by atoms with Crippen LogP contribution in [0.4, 0.5) is 0 Å². The smallest absolute Gasteiger partial charge is 0.253 e. The molecule has 1 aromatic carbocycles. The van der Waals surface area contributed by atoms with E-state index in [1.807, 2.05) is 29.3 Å². The average Bonchev–Trinajstić information content (AvgIpc) is 2.56. The van der Waals surface area contributed by atoms with Crippen LogP contribution in [0.2, 0.25) is 5.02 Å². The van der Waals surface area contributed by atoms with Crippen LogP contribution in [0.3, 0.4) is 0 Å². The number of hydrogen-bond donors (Lipinski definition) is 0. The number of carbonyl (C=O) groups is 1. The molecule has 2 heterocycles. The summed E-state index contributed by atoms with van der Waals surface area (Å²) in [5, 5.41) is 0.598. The molecule has 2 aromatic rings. The maximum atomic E-state index is 12.5. The summed E-state index contributed by atoms with van der Waals surface area (Å²) in [7, 11) is 0. The Kier molecular flexibility index (Phi) is 4.71. The molecule has 1 aliphatic heterocycles. The van der Waals surface area contributed by atoms with Crippen molar-refractivity contribution in [3.8, 4) is 0 Å². The first-order chi connectivity index (χ1) is 10.7. The van der Waals surface area contributed by atoms with E-state index in [9.17, 15) is 4.79 Å². The Morgan fingerprint density at radius 1 is 1.14 bits per heavy atom. The zero-order chi connectivity index (χ0) is 15.4. The molecule has 114 valence electrons. The van der Waals surface area contributed by atoms with Crippen molar-refractivity contribution in [3.05, 3.63) is 64.9 Å². The van der Waals surface area contributed by atoms with Crippen molar-refractivity contribution in [2.75, 3.05) is 26.2 Å². The quantitative estimate of drug-likeness (QED) is 0.874. The van der Waals surface area contributed by atoms with E-state index in [4.69, 9.17) is 11.6 Å². The summed E-state index contributed by atoms with van der Waals surface area (Å²) in [5.74, 6) is 0.0588. The van der Waals surface area contributed by atoms with Gasteiger partial charge in [0.05, 0.1) is 0 Å². The summed E-state index contributed by atoms with van der Waals surface area (Å²) in [6.45, 7) is 4.12. The summed E-state index contributed by atoms with van der Waals surface area (Å²) in [4.78, 5) is 20.8. The molecule has 0 radical (unpaired) electrons. The van der Waals surface area contributed by atoms with Crippen LogP contribution in [0.25, 0.3) is 0 Å². The monoisotopic (exact) mass is 315 g/mol. The van der Waals surface area contributed by atoms with Gasteiger partial charge in [-0.2, -0.15) is 0 Å². The Balaban J connectivity index is 1.56. The molecule has 1 aliphatic rings. The third-order valence-corrected chi connectivity index (χ3v) is 4.10. The van der Waals surface area contributed by atoms with Gasteiger partial charge in [-0.25, -0.2) is 0 Å². The molecule has 0 N–H and O–H groups in total. The second-order valence-corrected chi connectivity index (χ2v) is 5.88. The third kappa shape index (κ3) is 3.64. The van der Waals surface area contributed by atoms with E-state index < -0.39 is 0 Å². The SMILES string of the molecule is O=C(c1cccc(Cl)c1)N1CCN(Cc2cccnc2)CC1. The van der Waals surface area contributed by atoms with Crippen LogP contribution < -0.4 is 0 Å². The van der Waals surface area contributed by atoms with E-state index >= 15 is 0 Å². The van der Waals surface area contributed by atoms with Crippen molar-refractivity contribution in [2.45, 2.75) is 6.54 Å². The van der Waals surface area contributed by atoms with Crippen molar-refractivity contribution in [3.63, 3.8) is 0 Å². The number of aromatic nitrogens is 1. The first kappa shape index (κ1) is 15.0. The molecule has 0 atom stereocenters. The van der Waals surface area contributed by atoms with Crippen LogP contribution in [0.5, 0.6) is 0 Å². The number of halogens is 1. The van der Waals surface area contributed by atoms with E-state index in [2.05, 4.69) is 16.0 Å². The Labute approximate surface area is 135 Å². The second kappa shape index (κ2) is 6.90. The van der Waals surface area contributed by atoms with Gasteiger partial charge in [-0.05, 0) is 29.8 Å². The first-order valence-corrected chi connectivity index (χ1v) is 7.76. The van der Waals surface area contributed by atoms with Gasteiger partial charge in [0.25, 0.3) is 5.91 Å². The number of nitrogens with zero attached hydrogens (tertiary/aromatic N) is 3. The van der Waals surface area contributed by atoms with E-state index in [1.54, 1.807) is 18.3 Å². The molecule has 1 amide bonds. The Morgan fingerprint density at radius 2 is 1.95 bits per heavy atom. The van der Waals surface area contributed by atoms with E-state index in [1.165, 1.54) is 5.56 Å². The molecule has 0 spiro atoms. The van der Waals surface area contributed by atoms with E-state index in [-0.39, 0.29) is 5.91 Å². The number of pyridine rings is 1. The summed E-state index contributed by atoms with van der Waals surface area (Å²) in [6, 6.07) is 11.2. The fourth-order valence-electron chi connectivity index (χ4n) is 2.66. The van der Waals surface area contributed by atoms with Gasteiger partial charge < -0.3 is 4.90 Å². The Morgan fingerprint density at radius 3 is 2.64 bits per heavy atom. The van der Waals surface area contributed by atoms with E-state index in [0.717, 1.165) is 32.7 Å². The summed E-state index contributed by atoms with van der Waals surface area (Å²) in [6.07, 6.45) is 3.68. The molecule has 5 heteroatoms. The lowest BCUT2D eigenvalue weighted by atomic mass is 10.1. The van der Waals surface area contributed by atoms with Crippen LogP contribution in [-0.2, 0) is 6.54 Å². The van der Waals surface area contributed by atoms with Crippen LogP contribution in [0, 0.1) is 0 Å². The van der Waals surface area contributed by atoms with Gasteiger partial charge in [0.15, 0.2) is 0 Å². The lowest BCUT2D eigenvalue weighted by molar-refractivity contribution is 0.0628. The normalized spacial score (nSPS) is 15.8. The molecule has 0 aliphatic carbocycles. The number of rotatable bonds is 3. The van der Waals surface area contributed by atoms with Gasteiger partial charge in [-0.1, -0.05) is 23.7 Å². The number of benzene rings is 1. The van der Waals surface area contributed by atoms with Gasteiger partial charge in [-0.15, -0.1) is 0 Å². The molecule has 3 rings (SSSR count). The Bertz CT molecular complexity index is 639. The lowest BCUT2D eigenvalue weighted by Gasteiger charge is -2.34. The summed E-state index contributed by atoms with van der Waals surface area (Å²) < 4.78 is 0. The molecule has 0 saturated carbocycles. The zero-order valence-electron chi connectivity index (χ0n) is 12.3. The van der Waals surface area contributed by atoms with Crippen molar-refractivity contribution in [1.82, 2.24) is 14.8 Å². The predicted octanol–water partition coefficient (Wildman–Crippen LogP) is 2.69. The number of hydrogen-bond acceptors (Lipinski definition) is 3. The molecule has 22 heavy (non-hydrogen) atoms. The third-order valence-electron chi connectivity index (χ3n) is 3.86. The van der Waals surface area contributed by atoms with Crippen molar-refractivity contribution < 1.29 is 4.79 Å². The molecular formula is C17H18ClN3O. The summed E-state index contributed by atoms with van der Waals surface area (Å²) in [5.41, 5.74) is 1.87. The number of amides is 1. The molecule has 0 unspecified atom stereocenters. The van der Waals surface area contributed by atoms with Crippen molar-refractivity contribution >= 4 is 17.5 Å². The topological polar surface area (TPSA) is 36.4 Å². The molecule has 1 aromatic heterocycles. The molecule has 1 fully saturated rings. The number of carbonyl (C=O) groups excluding carboxylic acids is 1. The minimum absolute atomic E-state index is 0.0588. The first-order valence-electron chi connectivity index (χ1n) is 7.38. The van der Waals surface area contributed by atoms with Crippen LogP contribution in [0.15, 0.2) is 48.8 Å². The van der Waals surface area contributed by atoms with Gasteiger partial charge in [-0.3, -0.25) is 14.7 Å². The molecule has 4 nitrogen and oxygen atoms in total. The standard InChI is InChI=1S/C17H18ClN3O/c18-16-5-1-4-15(11-16)17(22)21-9-7-20(8-10-21)13-14-3-2-6-19-12-14/h1-6,11-12H,7-10,13H2. The Hall–Kier alpha value is -1.91. The lowest BCUT2D eigenvalue weighted by Crippen LogP contribution is -2.48. The van der Waals surface area contributed by atoms with Gasteiger partial charge in [0, 0.05) is 55.7 Å². The van der Waals surface area contributed by atoms with Crippen LogP contribution >= 0.6 is 11.6 Å². The number of piperazine rings is 1. The largest absolute Gasteiger partial charge is 0.336 e. The average molecular weight is 316 g/mol. The highest BCUT2D eigenvalue weighted by atomic mass is 35.5. The summed E-state index contributed by atoms with van der Waals surface area (Å²) >= 11 is 5.96. The van der Waals surface area contributed by atoms with Crippen molar-refractivity contribution in [2.24, 2.45) is 0 Å². The maximum Gasteiger partial charge on any atom is 0.253 e. The highest BCUT2D eigenvalue weighted by Gasteiger charge is 2.22. The van der Waals surface area contributed by atoms with Crippen molar-refractivity contribution in [1.29, 1.82) is 0 Å². The highest BCUT2D eigenvalue weighted by molar-refractivity contribution is 6.30. The molecule has 1 saturated heterocycles. The van der Waals surface area contributed by atoms with Crippen LogP contribution in [-0.4, -0.2) is 46.9 Å². The van der Waals surface area contributed by atoms with Crippen LogP contribution in [0.1, 0.15) is 15.9 Å². The van der Waals surface area contributed by atoms with Gasteiger partial charge >= 0.3 is 0 Å². The highest BCUT2D eigenvalue weighted by Crippen LogP contribution is 2.15. The minimum atomic E-state index is 0.0588.